The molecule has 1 heterocycles. The number of likely N-dealkylation sites (tertiary alicyclic amines) is 1. The number of nitrogens with zero attached hydrogens (tertiary/aromatic N) is 2. The lowest BCUT2D eigenvalue weighted by atomic mass is 9.81. The second-order valence-corrected chi connectivity index (χ2v) is 8.54. The van der Waals surface area contributed by atoms with Crippen molar-refractivity contribution in [1.82, 2.24) is 10.2 Å². The number of ether oxygens (including phenoxy) is 1. The minimum absolute atomic E-state index is 0.313. The highest BCUT2D eigenvalue weighted by Gasteiger charge is 2.51. The van der Waals surface area contributed by atoms with Gasteiger partial charge in [0.25, 0.3) is 5.91 Å². The van der Waals surface area contributed by atoms with E-state index in [1.807, 2.05) is 0 Å². The normalized spacial score (nSPS) is 28.1. The molecule has 2 saturated carbocycles. The van der Waals surface area contributed by atoms with Crippen LogP contribution in [0.1, 0.15) is 71.6 Å². The summed E-state index contributed by atoms with van der Waals surface area (Å²) < 4.78 is 5.26. The van der Waals surface area contributed by atoms with Gasteiger partial charge in [-0.1, -0.05) is 32.1 Å². The number of esters is 1. The van der Waals surface area contributed by atoms with Crippen molar-refractivity contribution in [2.45, 2.75) is 89.3 Å². The molecule has 158 valence electrons. The predicted molar refractivity (Wildman–Crippen MR) is 102 cm³/mol. The first kappa shape index (κ1) is 21.3. The second-order valence-electron chi connectivity index (χ2n) is 8.54. The largest absolute Gasteiger partial charge is 0.451 e. The van der Waals surface area contributed by atoms with Crippen molar-refractivity contribution in [3.05, 3.63) is 0 Å². The first-order valence-corrected chi connectivity index (χ1v) is 10.6. The minimum Gasteiger partial charge on any atom is -0.451 e. The van der Waals surface area contributed by atoms with E-state index in [4.69, 9.17) is 4.74 Å². The van der Waals surface area contributed by atoms with Crippen LogP contribution in [0.25, 0.3) is 0 Å². The molecule has 3 amide bonds. The molecule has 0 spiro atoms. The van der Waals surface area contributed by atoms with Crippen LogP contribution < -0.4 is 5.32 Å². The van der Waals surface area contributed by atoms with E-state index in [0.29, 0.717) is 25.7 Å². The van der Waals surface area contributed by atoms with Gasteiger partial charge in [0.05, 0.1) is 17.9 Å². The number of carbonyl (C=O) groups excluding carboxylic acids is 4. The van der Waals surface area contributed by atoms with Crippen molar-refractivity contribution in [3.8, 4) is 6.07 Å². The Hall–Kier alpha value is -2.43. The van der Waals surface area contributed by atoms with Crippen LogP contribution in [0.5, 0.6) is 0 Å². The molecule has 3 aliphatic rings. The van der Waals surface area contributed by atoms with Gasteiger partial charge in [-0.3, -0.25) is 19.3 Å². The summed E-state index contributed by atoms with van der Waals surface area (Å²) in [5, 5.41) is 12.2. The third-order valence-corrected chi connectivity index (χ3v) is 6.55. The van der Waals surface area contributed by atoms with Crippen molar-refractivity contribution >= 4 is 23.7 Å². The van der Waals surface area contributed by atoms with Crippen LogP contribution in [0.3, 0.4) is 0 Å². The summed E-state index contributed by atoms with van der Waals surface area (Å²) >= 11 is 0. The van der Waals surface area contributed by atoms with E-state index in [9.17, 15) is 24.4 Å². The molecule has 3 rings (SSSR count). The molecule has 0 aromatic carbocycles. The number of rotatable bonds is 5. The first-order valence-electron chi connectivity index (χ1n) is 10.6. The lowest BCUT2D eigenvalue weighted by Gasteiger charge is -2.32. The zero-order valence-electron chi connectivity index (χ0n) is 17.1. The minimum atomic E-state index is -1.12. The summed E-state index contributed by atoms with van der Waals surface area (Å²) in [7, 11) is 0. The van der Waals surface area contributed by atoms with Crippen LogP contribution in [-0.4, -0.2) is 46.3 Å². The second kappa shape index (κ2) is 8.52. The molecule has 0 aromatic heterocycles. The van der Waals surface area contributed by atoms with Crippen molar-refractivity contribution in [1.29, 1.82) is 5.26 Å². The van der Waals surface area contributed by atoms with E-state index >= 15 is 0 Å². The SMILES string of the molecule is CC(OC(=O)C(C)N1C(=O)C2CCCCC2C1=O)C(=O)NC1(C#N)CCCCC1. The summed E-state index contributed by atoms with van der Waals surface area (Å²) in [6.45, 7) is 2.89. The molecule has 0 bridgehead atoms. The van der Waals surface area contributed by atoms with E-state index in [1.54, 1.807) is 0 Å². The number of nitriles is 1. The highest BCUT2D eigenvalue weighted by atomic mass is 16.5. The molecule has 1 N–H and O–H groups in total. The van der Waals surface area contributed by atoms with Gasteiger partial charge in [-0.05, 0) is 39.5 Å². The van der Waals surface area contributed by atoms with E-state index in [-0.39, 0.29) is 23.7 Å². The molecule has 0 radical (unpaired) electrons. The van der Waals surface area contributed by atoms with Gasteiger partial charge in [-0.25, -0.2) is 4.79 Å². The highest BCUT2D eigenvalue weighted by molar-refractivity contribution is 6.07. The Bertz CT molecular complexity index is 713. The molecular formula is C21H29N3O5. The van der Waals surface area contributed by atoms with Gasteiger partial charge in [-0.2, -0.15) is 5.26 Å². The number of hydrogen-bond donors (Lipinski definition) is 1. The fourth-order valence-electron chi connectivity index (χ4n) is 4.76. The fraction of sp³-hybridized carbons (Fsp3) is 0.762. The molecule has 4 unspecified atom stereocenters. The van der Waals surface area contributed by atoms with Crippen LogP contribution in [0.2, 0.25) is 0 Å². The lowest BCUT2D eigenvalue weighted by molar-refractivity contribution is -0.164. The maximum absolute atomic E-state index is 12.6. The number of amides is 3. The molecule has 8 nitrogen and oxygen atoms in total. The smallest absolute Gasteiger partial charge is 0.329 e. The van der Waals surface area contributed by atoms with Gasteiger partial charge in [-0.15, -0.1) is 0 Å². The van der Waals surface area contributed by atoms with Crippen molar-refractivity contribution in [2.24, 2.45) is 11.8 Å². The Kier molecular flexibility index (Phi) is 6.25. The first-order chi connectivity index (χ1) is 13.8. The number of hydrogen-bond acceptors (Lipinski definition) is 6. The van der Waals surface area contributed by atoms with Crippen molar-refractivity contribution < 1.29 is 23.9 Å². The Morgan fingerprint density at radius 2 is 1.62 bits per heavy atom. The van der Waals surface area contributed by atoms with Crippen LogP contribution in [0.4, 0.5) is 0 Å². The molecule has 1 saturated heterocycles. The van der Waals surface area contributed by atoms with Gasteiger partial charge in [0.15, 0.2) is 6.10 Å². The maximum atomic E-state index is 12.6. The number of nitrogens with one attached hydrogen (secondary N) is 1. The lowest BCUT2D eigenvalue weighted by Crippen LogP contribution is -2.53. The van der Waals surface area contributed by atoms with E-state index < -0.39 is 29.6 Å². The fourth-order valence-corrected chi connectivity index (χ4v) is 4.76. The summed E-state index contributed by atoms with van der Waals surface area (Å²) in [6.07, 6.45) is 5.94. The van der Waals surface area contributed by atoms with Crippen LogP contribution in [-0.2, 0) is 23.9 Å². The van der Waals surface area contributed by atoms with Gasteiger partial charge in [0.2, 0.25) is 11.8 Å². The van der Waals surface area contributed by atoms with Gasteiger partial charge in [0.1, 0.15) is 11.6 Å². The Balaban J connectivity index is 1.60. The van der Waals surface area contributed by atoms with Crippen LogP contribution in [0.15, 0.2) is 0 Å². The molecule has 8 heteroatoms. The average Bonchev–Trinajstić information content (AvgIpc) is 2.98. The summed E-state index contributed by atoms with van der Waals surface area (Å²) in [6, 6.07) is 1.12. The summed E-state index contributed by atoms with van der Waals surface area (Å²) in [4.78, 5) is 51.4. The van der Waals surface area contributed by atoms with Gasteiger partial charge >= 0.3 is 5.97 Å². The molecule has 29 heavy (non-hydrogen) atoms. The molecule has 2 aliphatic carbocycles. The molecular weight excluding hydrogens is 374 g/mol. The van der Waals surface area contributed by atoms with Gasteiger partial charge in [0, 0.05) is 0 Å². The Morgan fingerprint density at radius 3 is 2.14 bits per heavy atom. The summed E-state index contributed by atoms with van der Waals surface area (Å²) in [5.74, 6) is -2.63. The van der Waals surface area contributed by atoms with Gasteiger partial charge < -0.3 is 10.1 Å². The van der Waals surface area contributed by atoms with Crippen LogP contribution in [0, 0.1) is 23.2 Å². The number of carbonyl (C=O) groups is 4. The quantitative estimate of drug-likeness (QED) is 0.553. The Labute approximate surface area is 170 Å². The topological polar surface area (TPSA) is 117 Å². The standard InChI is InChI=1S/C21H29N3O5/c1-13(24-18(26)15-8-4-5-9-16(15)19(24)27)20(28)29-14(2)17(25)23-21(12-22)10-6-3-7-11-21/h13-16H,3-11H2,1-2H3,(H,23,25). The monoisotopic (exact) mass is 403 g/mol. The summed E-state index contributed by atoms with van der Waals surface area (Å²) in [5.41, 5.74) is -0.918. The molecule has 1 aliphatic heterocycles. The van der Waals surface area contributed by atoms with Crippen molar-refractivity contribution in [3.63, 3.8) is 0 Å². The molecule has 4 atom stereocenters. The van der Waals surface area contributed by atoms with E-state index in [0.717, 1.165) is 37.0 Å². The Morgan fingerprint density at radius 1 is 1.07 bits per heavy atom. The maximum Gasteiger partial charge on any atom is 0.329 e. The predicted octanol–water partition coefficient (Wildman–Crippen LogP) is 1.82. The third kappa shape index (κ3) is 4.14. The number of imide groups is 1. The third-order valence-electron chi connectivity index (χ3n) is 6.55. The highest BCUT2D eigenvalue weighted by Crippen LogP contribution is 2.39. The zero-order valence-corrected chi connectivity index (χ0v) is 17.1. The zero-order chi connectivity index (χ0) is 21.2. The molecule has 0 aromatic rings. The van der Waals surface area contributed by atoms with Crippen molar-refractivity contribution in [2.75, 3.05) is 0 Å². The average molecular weight is 403 g/mol. The number of fused-ring (bicyclic) bond motifs is 1. The van der Waals surface area contributed by atoms with E-state index in [2.05, 4.69) is 11.4 Å². The molecule has 3 fully saturated rings. The van der Waals surface area contributed by atoms with Crippen LogP contribution >= 0.6 is 0 Å². The van der Waals surface area contributed by atoms with E-state index in [1.165, 1.54) is 13.8 Å².